The maximum Gasteiger partial charge on any atom is 0.261 e. The Morgan fingerprint density at radius 3 is 2.35 bits per heavy atom. The van der Waals surface area contributed by atoms with Crippen LogP contribution in [0.15, 0.2) is 17.0 Å². The summed E-state index contributed by atoms with van der Waals surface area (Å²) in [5, 5.41) is 0. The molecule has 0 N–H and O–H groups in total. The largest absolute Gasteiger partial charge is 0.492 e. The van der Waals surface area contributed by atoms with Gasteiger partial charge in [-0.05, 0) is 36.3 Å². The first-order valence-electron chi connectivity index (χ1n) is 6.29. The normalized spacial score (nSPS) is 12.5. The van der Waals surface area contributed by atoms with E-state index in [1.54, 1.807) is 30.8 Å². The van der Waals surface area contributed by atoms with E-state index in [1.165, 1.54) is 0 Å². The van der Waals surface area contributed by atoms with Gasteiger partial charge in [-0.2, -0.15) is 11.8 Å². The lowest BCUT2D eigenvalue weighted by Crippen LogP contribution is -2.16. The maximum atomic E-state index is 11.6. The third kappa shape index (κ3) is 4.57. The van der Waals surface area contributed by atoms with Crippen LogP contribution >= 0.6 is 22.4 Å². The van der Waals surface area contributed by atoms with E-state index in [-0.39, 0.29) is 10.3 Å². The summed E-state index contributed by atoms with van der Waals surface area (Å²) in [7, 11) is 1.75. The van der Waals surface area contributed by atoms with E-state index in [9.17, 15) is 8.42 Å². The van der Waals surface area contributed by atoms with E-state index in [1.807, 2.05) is 27.0 Å². The van der Waals surface area contributed by atoms with E-state index in [0.29, 0.717) is 12.2 Å². The summed E-state index contributed by atoms with van der Waals surface area (Å²) in [6, 6.07) is 3.39. The number of aryl methyl sites for hydroxylation is 1. The number of ether oxygens (including phenoxy) is 1. The Bertz CT molecular complexity index is 575. The van der Waals surface area contributed by atoms with Gasteiger partial charge in [-0.25, -0.2) is 8.42 Å². The molecule has 0 aliphatic heterocycles. The highest BCUT2D eigenvalue weighted by Gasteiger charge is 2.24. The van der Waals surface area contributed by atoms with Crippen molar-refractivity contribution in [2.45, 2.75) is 38.0 Å². The quantitative estimate of drug-likeness (QED) is 0.603. The molecule has 1 rings (SSSR count). The van der Waals surface area contributed by atoms with E-state index >= 15 is 0 Å². The van der Waals surface area contributed by atoms with Crippen molar-refractivity contribution in [2.75, 3.05) is 18.6 Å². The highest BCUT2D eigenvalue weighted by Crippen LogP contribution is 2.36. The van der Waals surface area contributed by atoms with E-state index in [4.69, 9.17) is 15.4 Å². The van der Waals surface area contributed by atoms with Crippen LogP contribution in [0.25, 0.3) is 0 Å². The van der Waals surface area contributed by atoms with Crippen LogP contribution in [0.5, 0.6) is 5.75 Å². The topological polar surface area (TPSA) is 43.4 Å². The Kier molecular flexibility index (Phi) is 5.81. The second-order valence-corrected chi connectivity index (χ2v) is 9.16. The van der Waals surface area contributed by atoms with Crippen LogP contribution in [-0.4, -0.2) is 27.0 Å². The van der Waals surface area contributed by atoms with Crippen LogP contribution in [0.1, 0.15) is 31.9 Å². The molecule has 0 heterocycles. The zero-order valence-electron chi connectivity index (χ0n) is 12.5. The first-order valence-corrected chi connectivity index (χ1v) is 9.99. The smallest absolute Gasteiger partial charge is 0.261 e. The van der Waals surface area contributed by atoms with Gasteiger partial charge >= 0.3 is 0 Å². The van der Waals surface area contributed by atoms with Gasteiger partial charge < -0.3 is 4.74 Å². The predicted octanol–water partition coefficient (Wildman–Crippen LogP) is 3.96. The van der Waals surface area contributed by atoms with Gasteiger partial charge in [0.15, 0.2) is 0 Å². The average molecular weight is 337 g/mol. The molecule has 1 aromatic carbocycles. The van der Waals surface area contributed by atoms with Crippen molar-refractivity contribution in [1.29, 1.82) is 0 Å². The minimum absolute atomic E-state index is 0.154. The van der Waals surface area contributed by atoms with Crippen molar-refractivity contribution in [1.82, 2.24) is 0 Å². The molecular weight excluding hydrogens is 316 g/mol. The molecule has 114 valence electrons. The zero-order chi connectivity index (χ0) is 15.6. The van der Waals surface area contributed by atoms with Gasteiger partial charge in [0.05, 0.1) is 11.5 Å². The summed E-state index contributed by atoms with van der Waals surface area (Å²) in [6.07, 6.45) is 2.02. The third-order valence-corrected chi connectivity index (χ3v) is 4.93. The molecule has 0 atom stereocenters. The minimum Gasteiger partial charge on any atom is -0.492 e. The lowest BCUT2D eigenvalue weighted by Gasteiger charge is -2.24. The van der Waals surface area contributed by atoms with Crippen molar-refractivity contribution in [3.05, 3.63) is 23.3 Å². The standard InChI is InChI=1S/C14H21ClO3S2/c1-10-8-12(18-6-7-19-5)11(14(2,3)4)9-13(10)20(15,16)17/h8-9H,6-7H2,1-5H3. The first-order chi connectivity index (χ1) is 9.07. The number of hydrogen-bond donors (Lipinski definition) is 0. The SMILES string of the molecule is CSCCOc1cc(C)c(S(=O)(=O)Cl)cc1C(C)(C)C. The lowest BCUT2D eigenvalue weighted by molar-refractivity contribution is 0.332. The monoisotopic (exact) mass is 336 g/mol. The molecule has 0 saturated carbocycles. The van der Waals surface area contributed by atoms with Crippen molar-refractivity contribution in [3.8, 4) is 5.75 Å². The molecule has 0 spiro atoms. The Labute approximate surface area is 130 Å². The molecule has 0 radical (unpaired) electrons. The van der Waals surface area contributed by atoms with Crippen molar-refractivity contribution in [2.24, 2.45) is 0 Å². The van der Waals surface area contributed by atoms with Crippen LogP contribution in [0, 0.1) is 6.92 Å². The van der Waals surface area contributed by atoms with Crippen molar-refractivity contribution >= 4 is 31.5 Å². The number of rotatable bonds is 5. The molecule has 20 heavy (non-hydrogen) atoms. The summed E-state index contributed by atoms with van der Waals surface area (Å²) in [6.45, 7) is 8.37. The molecule has 0 fully saturated rings. The molecule has 0 amide bonds. The summed E-state index contributed by atoms with van der Waals surface area (Å²) in [5.74, 6) is 1.62. The Morgan fingerprint density at radius 1 is 1.30 bits per heavy atom. The highest BCUT2D eigenvalue weighted by molar-refractivity contribution is 8.13. The molecule has 1 aromatic rings. The Balaban J connectivity index is 3.34. The van der Waals surface area contributed by atoms with Crippen molar-refractivity contribution < 1.29 is 13.2 Å². The van der Waals surface area contributed by atoms with Crippen LogP contribution in [0.4, 0.5) is 0 Å². The second kappa shape index (κ2) is 6.58. The van der Waals surface area contributed by atoms with Gasteiger partial charge in [0.2, 0.25) is 0 Å². The highest BCUT2D eigenvalue weighted by atomic mass is 35.7. The number of halogens is 1. The van der Waals surface area contributed by atoms with Gasteiger partial charge in [-0.15, -0.1) is 0 Å². The van der Waals surface area contributed by atoms with Gasteiger partial charge in [0.1, 0.15) is 5.75 Å². The number of benzene rings is 1. The molecule has 0 aromatic heterocycles. The van der Waals surface area contributed by atoms with E-state index in [2.05, 4.69) is 0 Å². The summed E-state index contributed by atoms with van der Waals surface area (Å²) >= 11 is 1.70. The molecule has 0 saturated heterocycles. The molecule has 3 nitrogen and oxygen atoms in total. The lowest BCUT2D eigenvalue weighted by atomic mass is 9.86. The Hall–Kier alpha value is -0.390. The molecule has 0 aliphatic rings. The van der Waals surface area contributed by atoms with Crippen LogP contribution in [-0.2, 0) is 14.5 Å². The van der Waals surface area contributed by atoms with Gasteiger partial charge in [0, 0.05) is 22.0 Å². The molecule has 0 unspecified atom stereocenters. The fourth-order valence-corrected chi connectivity index (χ4v) is 3.32. The summed E-state index contributed by atoms with van der Waals surface area (Å²) in [4.78, 5) is 0.154. The van der Waals surface area contributed by atoms with E-state index in [0.717, 1.165) is 17.1 Å². The summed E-state index contributed by atoms with van der Waals surface area (Å²) in [5.41, 5.74) is 1.23. The Morgan fingerprint density at radius 2 is 1.90 bits per heavy atom. The molecule has 0 aliphatic carbocycles. The van der Waals surface area contributed by atoms with Crippen molar-refractivity contribution in [3.63, 3.8) is 0 Å². The second-order valence-electron chi connectivity index (χ2n) is 5.64. The van der Waals surface area contributed by atoms with Gasteiger partial charge in [-0.3, -0.25) is 0 Å². The third-order valence-electron chi connectivity index (χ3n) is 2.89. The first kappa shape index (κ1) is 17.7. The summed E-state index contributed by atoms with van der Waals surface area (Å²) < 4.78 is 29.0. The van der Waals surface area contributed by atoms with Gasteiger partial charge in [-0.1, -0.05) is 20.8 Å². The number of hydrogen-bond acceptors (Lipinski definition) is 4. The van der Waals surface area contributed by atoms with E-state index < -0.39 is 9.05 Å². The molecular formula is C14H21ClO3S2. The maximum absolute atomic E-state index is 11.6. The zero-order valence-corrected chi connectivity index (χ0v) is 14.9. The average Bonchev–Trinajstić information content (AvgIpc) is 2.25. The van der Waals surface area contributed by atoms with Crippen LogP contribution < -0.4 is 4.74 Å². The predicted molar refractivity (Wildman–Crippen MR) is 86.8 cm³/mol. The fourth-order valence-electron chi connectivity index (χ4n) is 1.86. The van der Waals surface area contributed by atoms with Crippen LogP contribution in [0.2, 0.25) is 0 Å². The minimum atomic E-state index is -3.75. The van der Waals surface area contributed by atoms with Gasteiger partial charge in [0.25, 0.3) is 9.05 Å². The molecule has 0 bridgehead atoms. The molecule has 6 heteroatoms. The van der Waals surface area contributed by atoms with Crippen LogP contribution in [0.3, 0.4) is 0 Å². The fraction of sp³-hybridized carbons (Fsp3) is 0.571. The number of thioether (sulfide) groups is 1.